The van der Waals surface area contributed by atoms with Crippen LogP contribution in [0.25, 0.3) is 11.1 Å². The van der Waals surface area contributed by atoms with Crippen LogP contribution in [-0.4, -0.2) is 75.9 Å². The van der Waals surface area contributed by atoms with Crippen LogP contribution in [0.1, 0.15) is 29.9 Å². The van der Waals surface area contributed by atoms with Gasteiger partial charge in [0.05, 0.1) is 39.3 Å². The van der Waals surface area contributed by atoms with E-state index in [0.717, 1.165) is 22.3 Å². The largest absolute Gasteiger partial charge is 0.449 e. The Kier molecular flexibility index (Phi) is 12.6. The Morgan fingerprint density at radius 1 is 0.776 bits per heavy atom. The normalized spacial score (nSPS) is 12.9. The third kappa shape index (κ3) is 9.50. The van der Waals surface area contributed by atoms with E-state index in [0.29, 0.717) is 0 Å². The van der Waals surface area contributed by atoms with Gasteiger partial charge in [-0.2, -0.15) is 17.2 Å². The molecule has 2 amide bonds. The highest BCUT2D eigenvalue weighted by Crippen LogP contribution is 2.44. The van der Waals surface area contributed by atoms with Crippen molar-refractivity contribution in [2.45, 2.75) is 24.1 Å². The van der Waals surface area contributed by atoms with Gasteiger partial charge in [-0.05, 0) is 22.3 Å². The zero-order valence-corrected chi connectivity index (χ0v) is 26.2. The van der Waals surface area contributed by atoms with Crippen molar-refractivity contribution in [3.05, 3.63) is 88.7 Å². The number of hydrogen-bond donors (Lipinski definition) is 3. The minimum Gasteiger partial charge on any atom is -0.449 e. The first-order valence-electron chi connectivity index (χ1n) is 14.5. The molecule has 49 heavy (non-hydrogen) atoms. The molecule has 0 bridgehead atoms. The quantitative estimate of drug-likeness (QED) is 0.0376. The molecule has 1 unspecified atom stereocenters. The Bertz CT molecular complexity index is 1740. The maximum atomic E-state index is 13.6. The van der Waals surface area contributed by atoms with Crippen molar-refractivity contribution in [3.8, 4) is 16.9 Å². The zero-order valence-electron chi connectivity index (χ0n) is 25.3. The summed E-state index contributed by atoms with van der Waals surface area (Å²) in [5.74, 6) is -15.8. The standard InChI is InChI=1S/C31H29F5N2O10S/c32-25-26(33)28(35)30(29(36)27(25)34)48-24(40)9-11-45-13-14-46-12-10-37-22(39)15-23(49(42,43)44)38-31(41)47-16-21-19-7-3-1-5-17(19)18-6-2-4-8-20(18)21/h1-8,21,23H,9-16H2,(H,37,39)(H,38,41)(H,42,43,44). The summed E-state index contributed by atoms with van der Waals surface area (Å²) in [6.07, 6.45) is -2.60. The van der Waals surface area contributed by atoms with E-state index in [1.165, 1.54) is 0 Å². The fourth-order valence-corrected chi connectivity index (χ4v) is 5.43. The highest BCUT2D eigenvalue weighted by Gasteiger charge is 2.32. The SMILES string of the molecule is O=C(CC(NC(=O)OCC1c2ccccc2-c2ccccc21)S(=O)(=O)O)NCCOCCOCCC(=O)Oc1c(F)c(F)c(F)c(F)c1F. The third-order valence-electron chi connectivity index (χ3n) is 7.13. The second kappa shape index (κ2) is 16.6. The van der Waals surface area contributed by atoms with E-state index in [1.54, 1.807) is 0 Å². The number of amides is 2. The van der Waals surface area contributed by atoms with Gasteiger partial charge in [-0.3, -0.25) is 14.1 Å². The van der Waals surface area contributed by atoms with Gasteiger partial charge in [0.25, 0.3) is 10.1 Å². The van der Waals surface area contributed by atoms with E-state index in [9.17, 15) is 49.3 Å². The average Bonchev–Trinajstić information content (AvgIpc) is 3.39. The predicted molar refractivity (Wildman–Crippen MR) is 159 cm³/mol. The molecule has 0 heterocycles. The van der Waals surface area contributed by atoms with Crippen LogP contribution < -0.4 is 15.4 Å². The summed E-state index contributed by atoms with van der Waals surface area (Å²) in [5, 5.41) is 2.34. The number of carbonyl (C=O) groups excluding carboxylic acids is 3. The maximum absolute atomic E-state index is 13.6. The molecule has 1 aliphatic carbocycles. The van der Waals surface area contributed by atoms with E-state index >= 15 is 0 Å². The molecule has 0 radical (unpaired) electrons. The van der Waals surface area contributed by atoms with Crippen molar-refractivity contribution in [2.75, 3.05) is 39.6 Å². The molecular formula is C31H29F5N2O10S. The molecule has 0 aromatic heterocycles. The minimum atomic E-state index is -4.91. The van der Waals surface area contributed by atoms with Gasteiger partial charge >= 0.3 is 12.1 Å². The van der Waals surface area contributed by atoms with Crippen molar-refractivity contribution < 1.29 is 68.3 Å². The number of halogens is 5. The van der Waals surface area contributed by atoms with Crippen LogP contribution in [0.3, 0.4) is 0 Å². The molecule has 1 aliphatic rings. The number of carbonyl (C=O) groups is 3. The monoisotopic (exact) mass is 716 g/mol. The molecule has 0 spiro atoms. The van der Waals surface area contributed by atoms with Crippen LogP contribution in [0.4, 0.5) is 26.7 Å². The van der Waals surface area contributed by atoms with Gasteiger partial charge in [-0.25, -0.2) is 18.0 Å². The fourth-order valence-electron chi connectivity index (χ4n) is 4.82. The fraction of sp³-hybridized carbons (Fsp3) is 0.323. The molecule has 4 rings (SSSR count). The lowest BCUT2D eigenvalue weighted by Gasteiger charge is -2.18. The molecule has 3 aromatic carbocycles. The van der Waals surface area contributed by atoms with Crippen LogP contribution in [0.2, 0.25) is 0 Å². The van der Waals surface area contributed by atoms with Crippen molar-refractivity contribution >= 4 is 28.1 Å². The summed E-state index contributed by atoms with van der Waals surface area (Å²) >= 11 is 0. The molecule has 3 N–H and O–H groups in total. The Labute approximate surface area is 276 Å². The molecular weight excluding hydrogens is 687 g/mol. The van der Waals surface area contributed by atoms with Crippen LogP contribution in [0, 0.1) is 29.1 Å². The molecule has 12 nitrogen and oxygen atoms in total. The van der Waals surface area contributed by atoms with Gasteiger partial charge in [-0.1, -0.05) is 48.5 Å². The number of rotatable bonds is 16. The first kappa shape index (κ1) is 37.2. The Morgan fingerprint density at radius 2 is 1.31 bits per heavy atom. The molecule has 3 aromatic rings. The Hall–Kier alpha value is -4.65. The van der Waals surface area contributed by atoms with Gasteiger partial charge < -0.3 is 29.6 Å². The van der Waals surface area contributed by atoms with Crippen LogP contribution in [-0.2, 0) is 33.9 Å². The molecule has 264 valence electrons. The lowest BCUT2D eigenvalue weighted by Crippen LogP contribution is -2.44. The topological polar surface area (TPSA) is 167 Å². The van der Waals surface area contributed by atoms with E-state index in [1.807, 2.05) is 53.8 Å². The van der Waals surface area contributed by atoms with Gasteiger partial charge in [-0.15, -0.1) is 0 Å². The number of esters is 1. The van der Waals surface area contributed by atoms with E-state index in [-0.39, 0.29) is 45.5 Å². The Morgan fingerprint density at radius 3 is 1.88 bits per heavy atom. The number of fused-ring (bicyclic) bond motifs is 3. The number of benzene rings is 3. The van der Waals surface area contributed by atoms with Crippen molar-refractivity contribution in [2.24, 2.45) is 0 Å². The van der Waals surface area contributed by atoms with Gasteiger partial charge in [0.15, 0.2) is 5.37 Å². The van der Waals surface area contributed by atoms with Crippen LogP contribution in [0.5, 0.6) is 5.75 Å². The average molecular weight is 717 g/mol. The van der Waals surface area contributed by atoms with Gasteiger partial charge in [0.2, 0.25) is 40.7 Å². The van der Waals surface area contributed by atoms with Crippen molar-refractivity contribution in [3.63, 3.8) is 0 Å². The summed E-state index contributed by atoms with van der Waals surface area (Å²) in [7, 11) is -4.91. The second-order valence-corrected chi connectivity index (χ2v) is 12.0. The lowest BCUT2D eigenvalue weighted by atomic mass is 9.98. The molecule has 0 aliphatic heterocycles. The smallest absolute Gasteiger partial charge is 0.408 e. The number of hydrogen-bond acceptors (Lipinski definition) is 9. The summed E-state index contributed by atoms with van der Waals surface area (Å²) in [4.78, 5) is 36.5. The molecule has 0 saturated heterocycles. The highest BCUT2D eigenvalue weighted by molar-refractivity contribution is 7.86. The van der Waals surface area contributed by atoms with E-state index < -0.39 is 81.1 Å². The summed E-state index contributed by atoms with van der Waals surface area (Å²) < 4.78 is 120. The zero-order chi connectivity index (χ0) is 35.7. The molecule has 0 saturated carbocycles. The second-order valence-electron chi connectivity index (χ2n) is 10.4. The highest BCUT2D eigenvalue weighted by atomic mass is 32.2. The lowest BCUT2D eigenvalue weighted by molar-refractivity contribution is -0.136. The molecule has 18 heteroatoms. The van der Waals surface area contributed by atoms with Gasteiger partial charge in [0, 0.05) is 12.5 Å². The predicted octanol–water partition coefficient (Wildman–Crippen LogP) is 3.97. The summed E-state index contributed by atoms with van der Waals surface area (Å²) in [5.41, 5.74) is 3.81. The number of alkyl carbamates (subject to hydrolysis) is 1. The van der Waals surface area contributed by atoms with Crippen LogP contribution >= 0.6 is 0 Å². The summed E-state index contributed by atoms with van der Waals surface area (Å²) in [6, 6.07) is 15.1. The Balaban J connectivity index is 1.11. The first-order chi connectivity index (χ1) is 23.3. The van der Waals surface area contributed by atoms with E-state index in [4.69, 9.17) is 14.2 Å². The minimum absolute atomic E-state index is 0.0699. The molecule has 1 atom stereocenters. The number of nitrogens with one attached hydrogen (secondary N) is 2. The van der Waals surface area contributed by atoms with E-state index in [2.05, 4.69) is 10.1 Å². The summed E-state index contributed by atoms with van der Waals surface area (Å²) in [6.45, 7) is -0.877. The van der Waals surface area contributed by atoms with Crippen LogP contribution in [0.15, 0.2) is 48.5 Å². The van der Waals surface area contributed by atoms with Crippen molar-refractivity contribution in [1.29, 1.82) is 0 Å². The van der Waals surface area contributed by atoms with Gasteiger partial charge in [0.1, 0.15) is 6.61 Å². The third-order valence-corrected chi connectivity index (χ3v) is 8.13. The number of ether oxygens (including phenoxy) is 4. The maximum Gasteiger partial charge on any atom is 0.408 e. The first-order valence-corrected chi connectivity index (χ1v) is 16.0. The molecule has 0 fully saturated rings. The van der Waals surface area contributed by atoms with Crippen molar-refractivity contribution in [1.82, 2.24) is 10.6 Å².